The van der Waals surface area contributed by atoms with Crippen molar-refractivity contribution in [2.45, 2.75) is 25.9 Å². The molecule has 0 fully saturated rings. The number of halogens is 1. The first-order valence-electron chi connectivity index (χ1n) is 10.2. The van der Waals surface area contributed by atoms with Crippen LogP contribution in [0.4, 0.5) is 4.39 Å². The minimum absolute atomic E-state index is 0.253. The van der Waals surface area contributed by atoms with Gasteiger partial charge in [-0.15, -0.1) is 0 Å². The van der Waals surface area contributed by atoms with Gasteiger partial charge in [0.15, 0.2) is 5.76 Å². The third-order valence-electron chi connectivity index (χ3n) is 5.67. The molecule has 1 aliphatic heterocycles. The van der Waals surface area contributed by atoms with E-state index in [4.69, 9.17) is 4.74 Å². The summed E-state index contributed by atoms with van der Waals surface area (Å²) in [6.45, 7) is 2.34. The fourth-order valence-electron chi connectivity index (χ4n) is 3.95. The van der Waals surface area contributed by atoms with Gasteiger partial charge in [0.05, 0.1) is 13.2 Å². The van der Waals surface area contributed by atoms with Gasteiger partial charge in [0.2, 0.25) is 0 Å². The number of carbonyl (C=O) groups is 1. The molecule has 0 radical (unpaired) electrons. The van der Waals surface area contributed by atoms with Crippen LogP contribution in [0.15, 0.2) is 78.6 Å². The van der Waals surface area contributed by atoms with Gasteiger partial charge in [-0.2, -0.15) is 0 Å². The van der Waals surface area contributed by atoms with Crippen LogP contribution >= 0.6 is 0 Å². The summed E-state index contributed by atoms with van der Waals surface area (Å²) >= 11 is 0. The van der Waals surface area contributed by atoms with Crippen molar-refractivity contribution in [2.75, 3.05) is 7.11 Å². The maximum atomic E-state index is 13.4. The SMILES string of the molecule is CCc1ccc(C2C(c3ccc(OC)cc3)=C(O)C(=O)N2Cc2ccc(F)cc2)cc1. The van der Waals surface area contributed by atoms with Gasteiger partial charge in [0.1, 0.15) is 11.6 Å². The predicted molar refractivity (Wildman–Crippen MR) is 118 cm³/mol. The van der Waals surface area contributed by atoms with E-state index < -0.39 is 11.9 Å². The second kappa shape index (κ2) is 8.64. The molecule has 1 unspecified atom stereocenters. The summed E-state index contributed by atoms with van der Waals surface area (Å²) in [6.07, 6.45) is 0.912. The van der Waals surface area contributed by atoms with Gasteiger partial charge in [-0.3, -0.25) is 4.79 Å². The number of hydrogen-bond donors (Lipinski definition) is 1. The zero-order valence-electron chi connectivity index (χ0n) is 17.5. The van der Waals surface area contributed by atoms with Crippen molar-refractivity contribution in [2.24, 2.45) is 0 Å². The first-order valence-corrected chi connectivity index (χ1v) is 10.2. The number of ether oxygens (including phenoxy) is 1. The van der Waals surface area contributed by atoms with E-state index in [9.17, 15) is 14.3 Å². The normalized spacial score (nSPS) is 16.2. The number of aliphatic hydroxyl groups is 1. The van der Waals surface area contributed by atoms with Gasteiger partial charge >= 0.3 is 0 Å². The fourth-order valence-corrected chi connectivity index (χ4v) is 3.95. The van der Waals surface area contributed by atoms with E-state index in [2.05, 4.69) is 6.92 Å². The zero-order valence-corrected chi connectivity index (χ0v) is 17.5. The smallest absolute Gasteiger partial charge is 0.290 e. The highest BCUT2D eigenvalue weighted by Gasteiger charge is 2.41. The average Bonchev–Trinajstić information content (AvgIpc) is 3.05. The molecule has 1 amide bonds. The first kappa shape index (κ1) is 20.7. The first-order chi connectivity index (χ1) is 15.0. The number of carbonyl (C=O) groups excluding carboxylic acids is 1. The van der Waals surface area contributed by atoms with Crippen molar-refractivity contribution in [3.63, 3.8) is 0 Å². The Hall–Kier alpha value is -3.60. The summed E-state index contributed by atoms with van der Waals surface area (Å²) in [5.41, 5.74) is 4.19. The van der Waals surface area contributed by atoms with Crippen molar-refractivity contribution in [3.05, 3.63) is 107 Å². The second-order valence-electron chi connectivity index (χ2n) is 7.55. The van der Waals surface area contributed by atoms with Gasteiger partial charge in [-0.05, 0) is 52.9 Å². The van der Waals surface area contributed by atoms with Crippen LogP contribution in [0, 0.1) is 5.82 Å². The van der Waals surface area contributed by atoms with Crippen LogP contribution in [0.2, 0.25) is 0 Å². The molecule has 3 aromatic rings. The molecule has 5 heteroatoms. The number of benzene rings is 3. The fraction of sp³-hybridized carbons (Fsp3) is 0.192. The number of aliphatic hydroxyl groups excluding tert-OH is 1. The summed E-state index contributed by atoms with van der Waals surface area (Å²) in [5, 5.41) is 10.9. The molecule has 1 heterocycles. The summed E-state index contributed by atoms with van der Waals surface area (Å²) in [4.78, 5) is 14.7. The van der Waals surface area contributed by atoms with Gasteiger partial charge in [-0.1, -0.05) is 55.5 Å². The molecule has 3 aromatic carbocycles. The maximum absolute atomic E-state index is 13.4. The van der Waals surface area contributed by atoms with Crippen LogP contribution in [0.1, 0.15) is 35.2 Å². The molecule has 0 aliphatic carbocycles. The summed E-state index contributed by atoms with van der Waals surface area (Å²) in [6, 6.07) is 21.0. The maximum Gasteiger partial charge on any atom is 0.290 e. The number of rotatable bonds is 6. The number of hydrogen-bond acceptors (Lipinski definition) is 3. The van der Waals surface area contributed by atoms with E-state index in [-0.39, 0.29) is 18.1 Å². The van der Waals surface area contributed by atoms with E-state index in [0.717, 1.165) is 23.1 Å². The molecule has 0 spiro atoms. The van der Waals surface area contributed by atoms with E-state index in [1.54, 1.807) is 36.3 Å². The van der Waals surface area contributed by atoms with E-state index >= 15 is 0 Å². The Labute approximate surface area is 181 Å². The van der Waals surface area contributed by atoms with Crippen LogP contribution < -0.4 is 4.74 Å². The van der Waals surface area contributed by atoms with Crippen molar-refractivity contribution in [3.8, 4) is 5.75 Å². The molecule has 0 saturated carbocycles. The second-order valence-corrected chi connectivity index (χ2v) is 7.55. The van der Waals surface area contributed by atoms with Crippen LogP contribution in [-0.4, -0.2) is 23.0 Å². The highest BCUT2D eigenvalue weighted by atomic mass is 19.1. The molecule has 1 N–H and O–H groups in total. The molecule has 4 nitrogen and oxygen atoms in total. The largest absolute Gasteiger partial charge is 0.503 e. The summed E-state index contributed by atoms with van der Waals surface area (Å²) < 4.78 is 18.6. The van der Waals surface area contributed by atoms with Crippen molar-refractivity contribution >= 4 is 11.5 Å². The predicted octanol–water partition coefficient (Wildman–Crippen LogP) is 5.45. The molecule has 0 aromatic heterocycles. The lowest BCUT2D eigenvalue weighted by Gasteiger charge is -2.27. The molecular weight excluding hydrogens is 393 g/mol. The van der Waals surface area contributed by atoms with E-state index in [1.165, 1.54) is 17.7 Å². The molecule has 1 aliphatic rings. The molecule has 4 rings (SSSR count). The van der Waals surface area contributed by atoms with E-state index in [0.29, 0.717) is 11.3 Å². The molecule has 0 saturated heterocycles. The molecular formula is C26H24FNO3. The van der Waals surface area contributed by atoms with Crippen LogP contribution in [0.5, 0.6) is 5.75 Å². The van der Waals surface area contributed by atoms with Crippen molar-refractivity contribution in [1.82, 2.24) is 4.90 Å². The van der Waals surface area contributed by atoms with E-state index in [1.807, 2.05) is 36.4 Å². The number of methoxy groups -OCH3 is 1. The molecule has 158 valence electrons. The van der Waals surface area contributed by atoms with Gasteiger partial charge in [0.25, 0.3) is 5.91 Å². The highest BCUT2D eigenvalue weighted by molar-refractivity contribution is 6.05. The Morgan fingerprint density at radius 3 is 2.13 bits per heavy atom. The molecule has 1 atom stereocenters. The summed E-state index contributed by atoms with van der Waals surface area (Å²) in [5.74, 6) is -0.347. The minimum atomic E-state index is -0.461. The number of amides is 1. The topological polar surface area (TPSA) is 49.8 Å². The molecule has 0 bridgehead atoms. The average molecular weight is 417 g/mol. The van der Waals surface area contributed by atoms with Gasteiger partial charge in [0, 0.05) is 12.1 Å². The van der Waals surface area contributed by atoms with Gasteiger partial charge < -0.3 is 14.7 Å². The Morgan fingerprint density at radius 1 is 0.935 bits per heavy atom. The third kappa shape index (κ3) is 4.04. The van der Waals surface area contributed by atoms with Crippen molar-refractivity contribution in [1.29, 1.82) is 0 Å². The standard InChI is InChI=1S/C26H24FNO3/c1-3-17-4-8-20(9-5-17)24-23(19-10-14-22(31-2)15-11-19)25(29)26(30)28(24)16-18-6-12-21(27)13-7-18/h4-15,24,29H,3,16H2,1-2H3. The lowest BCUT2D eigenvalue weighted by atomic mass is 9.92. The monoisotopic (exact) mass is 417 g/mol. The Kier molecular flexibility index (Phi) is 5.76. The lowest BCUT2D eigenvalue weighted by molar-refractivity contribution is -0.130. The Morgan fingerprint density at radius 2 is 1.55 bits per heavy atom. The summed E-state index contributed by atoms with van der Waals surface area (Å²) in [7, 11) is 1.59. The van der Waals surface area contributed by atoms with Gasteiger partial charge in [-0.25, -0.2) is 4.39 Å². The highest BCUT2D eigenvalue weighted by Crippen LogP contribution is 2.44. The van der Waals surface area contributed by atoms with Crippen molar-refractivity contribution < 1.29 is 19.0 Å². The number of aryl methyl sites for hydroxylation is 1. The van der Waals surface area contributed by atoms with Crippen LogP contribution in [0.3, 0.4) is 0 Å². The Bertz CT molecular complexity index is 1100. The third-order valence-corrected chi connectivity index (χ3v) is 5.67. The minimum Gasteiger partial charge on any atom is -0.503 e. The quantitative estimate of drug-likeness (QED) is 0.580. The zero-order chi connectivity index (χ0) is 22.0. The lowest BCUT2D eigenvalue weighted by Crippen LogP contribution is -2.29. The Balaban J connectivity index is 1.78. The van der Waals surface area contributed by atoms with Crippen LogP contribution in [-0.2, 0) is 17.8 Å². The number of nitrogens with zero attached hydrogens (tertiary/aromatic N) is 1. The molecule has 31 heavy (non-hydrogen) atoms. The van der Waals surface area contributed by atoms with Crippen LogP contribution in [0.25, 0.3) is 5.57 Å².